The zero-order valence-electron chi connectivity index (χ0n) is 7.26. The number of allylic oxidation sites excluding steroid dienone is 3. The second-order valence-electron chi connectivity index (χ2n) is 2.54. The van der Waals surface area contributed by atoms with Crippen molar-refractivity contribution in [3.05, 3.63) is 23.8 Å². The lowest BCUT2D eigenvalue weighted by Crippen LogP contribution is -2.15. The van der Waals surface area contributed by atoms with Crippen molar-refractivity contribution in [3.63, 3.8) is 0 Å². The van der Waals surface area contributed by atoms with E-state index in [0.717, 1.165) is 6.92 Å². The Balaban J connectivity index is 4.89. The van der Waals surface area contributed by atoms with Crippen molar-refractivity contribution in [1.29, 1.82) is 0 Å². The van der Waals surface area contributed by atoms with Gasteiger partial charge in [-0.2, -0.15) is 26.3 Å². The first-order valence-corrected chi connectivity index (χ1v) is 3.63. The van der Waals surface area contributed by atoms with Crippen LogP contribution in [0.25, 0.3) is 0 Å². The van der Waals surface area contributed by atoms with Gasteiger partial charge in [0.1, 0.15) is 0 Å². The third-order valence-corrected chi connectivity index (χ3v) is 1.46. The quantitative estimate of drug-likeness (QED) is 0.485. The van der Waals surface area contributed by atoms with Gasteiger partial charge in [-0.05, 0) is 12.5 Å². The monoisotopic (exact) mass is 218 g/mol. The molecule has 0 aliphatic rings. The molecule has 0 amide bonds. The van der Waals surface area contributed by atoms with E-state index in [1.807, 2.05) is 0 Å². The van der Waals surface area contributed by atoms with Crippen molar-refractivity contribution >= 4 is 0 Å². The molecule has 0 saturated heterocycles. The molecular weight excluding hydrogens is 210 g/mol. The number of hydrogen-bond acceptors (Lipinski definition) is 0. The number of alkyl halides is 6. The first-order chi connectivity index (χ1) is 6.09. The van der Waals surface area contributed by atoms with Gasteiger partial charge in [-0.15, -0.1) is 0 Å². The average molecular weight is 218 g/mol. The number of halogens is 6. The Kier molecular flexibility index (Phi) is 3.79. The summed E-state index contributed by atoms with van der Waals surface area (Å²) in [6.45, 7) is 3.65. The van der Waals surface area contributed by atoms with Crippen LogP contribution in [0, 0.1) is 0 Å². The molecule has 0 aromatic rings. The highest BCUT2D eigenvalue weighted by Crippen LogP contribution is 2.32. The Bertz CT molecular complexity index is 242. The molecule has 0 radical (unpaired) electrons. The Hall–Kier alpha value is -0.940. The fraction of sp³-hybridized carbons (Fsp3) is 0.500. The third kappa shape index (κ3) is 3.85. The summed E-state index contributed by atoms with van der Waals surface area (Å²) in [6.07, 6.45) is -10.0. The molecule has 0 atom stereocenters. The van der Waals surface area contributed by atoms with Gasteiger partial charge < -0.3 is 0 Å². The molecule has 0 unspecified atom stereocenters. The first kappa shape index (κ1) is 13.1. The lowest BCUT2D eigenvalue weighted by atomic mass is 10.1. The molecule has 0 heterocycles. The van der Waals surface area contributed by atoms with E-state index in [0.29, 0.717) is 0 Å². The molecule has 0 spiro atoms. The molecule has 6 heteroatoms. The van der Waals surface area contributed by atoms with Gasteiger partial charge in [0.15, 0.2) is 0 Å². The zero-order valence-corrected chi connectivity index (χ0v) is 7.26. The van der Waals surface area contributed by atoms with Crippen LogP contribution in [-0.4, -0.2) is 12.4 Å². The van der Waals surface area contributed by atoms with Gasteiger partial charge in [-0.1, -0.05) is 13.5 Å². The van der Waals surface area contributed by atoms with Crippen molar-refractivity contribution < 1.29 is 26.3 Å². The molecule has 0 rings (SSSR count). The predicted octanol–water partition coefficient (Wildman–Crippen LogP) is 4.00. The highest BCUT2D eigenvalue weighted by molar-refractivity contribution is 5.27. The van der Waals surface area contributed by atoms with E-state index in [2.05, 4.69) is 6.58 Å². The first-order valence-electron chi connectivity index (χ1n) is 3.63. The van der Waals surface area contributed by atoms with Gasteiger partial charge in [0.2, 0.25) is 0 Å². The standard InChI is InChI=1S/C8H8F6/c1-3-6(8(12,13)14)4-5(2)7(9,10)11/h4H,2-3H2,1H3. The molecule has 0 aromatic carbocycles. The van der Waals surface area contributed by atoms with E-state index in [1.54, 1.807) is 0 Å². The maximum atomic E-state index is 12.0. The summed E-state index contributed by atoms with van der Waals surface area (Å²) >= 11 is 0. The van der Waals surface area contributed by atoms with Crippen LogP contribution in [0.5, 0.6) is 0 Å². The van der Waals surface area contributed by atoms with Crippen LogP contribution in [0.15, 0.2) is 23.8 Å². The van der Waals surface area contributed by atoms with Crippen LogP contribution in [0.3, 0.4) is 0 Å². The van der Waals surface area contributed by atoms with Crippen LogP contribution in [0.4, 0.5) is 26.3 Å². The molecule has 0 nitrogen and oxygen atoms in total. The molecule has 82 valence electrons. The molecule has 0 aromatic heterocycles. The van der Waals surface area contributed by atoms with Crippen molar-refractivity contribution in [2.75, 3.05) is 0 Å². The second kappa shape index (κ2) is 4.06. The fourth-order valence-corrected chi connectivity index (χ4v) is 0.676. The van der Waals surface area contributed by atoms with E-state index in [-0.39, 0.29) is 6.08 Å². The van der Waals surface area contributed by atoms with Crippen LogP contribution in [-0.2, 0) is 0 Å². The smallest absolute Gasteiger partial charge is 0.166 e. The summed E-state index contributed by atoms with van der Waals surface area (Å²) in [5.41, 5.74) is -2.73. The molecule has 0 fully saturated rings. The van der Waals surface area contributed by atoms with Crippen LogP contribution in [0.1, 0.15) is 13.3 Å². The van der Waals surface area contributed by atoms with Crippen molar-refractivity contribution in [2.45, 2.75) is 25.7 Å². The Morgan fingerprint density at radius 1 is 1.07 bits per heavy atom. The molecular formula is C8H8F6. The van der Waals surface area contributed by atoms with Crippen molar-refractivity contribution in [3.8, 4) is 0 Å². The Morgan fingerprint density at radius 3 is 1.71 bits per heavy atom. The highest BCUT2D eigenvalue weighted by atomic mass is 19.4. The molecule has 14 heavy (non-hydrogen) atoms. The normalized spacial score (nSPS) is 14.4. The minimum atomic E-state index is -4.81. The van der Waals surface area contributed by atoms with Crippen LogP contribution >= 0.6 is 0 Å². The minimum absolute atomic E-state index is 0.0278. The summed E-state index contributed by atoms with van der Waals surface area (Å²) in [5, 5.41) is 0. The summed E-state index contributed by atoms with van der Waals surface area (Å²) < 4.78 is 71.4. The predicted molar refractivity (Wildman–Crippen MR) is 39.6 cm³/mol. The number of rotatable bonds is 2. The second-order valence-corrected chi connectivity index (χ2v) is 2.54. The van der Waals surface area contributed by atoms with Gasteiger partial charge in [-0.3, -0.25) is 0 Å². The maximum Gasteiger partial charge on any atom is 0.415 e. The van der Waals surface area contributed by atoms with Gasteiger partial charge in [0, 0.05) is 11.1 Å². The maximum absolute atomic E-state index is 12.0. The minimum Gasteiger partial charge on any atom is -0.166 e. The SMILES string of the molecule is C=C(C=C(CC)C(F)(F)F)C(F)(F)F. The fourth-order valence-electron chi connectivity index (χ4n) is 0.676. The van der Waals surface area contributed by atoms with Gasteiger partial charge in [0.05, 0.1) is 0 Å². The van der Waals surface area contributed by atoms with Crippen molar-refractivity contribution in [2.24, 2.45) is 0 Å². The molecule has 0 aliphatic heterocycles. The molecule has 0 saturated carbocycles. The van der Waals surface area contributed by atoms with E-state index in [4.69, 9.17) is 0 Å². The molecule has 0 bridgehead atoms. The summed E-state index contributed by atoms with van der Waals surface area (Å²) in [5.74, 6) is 0. The summed E-state index contributed by atoms with van der Waals surface area (Å²) in [4.78, 5) is 0. The number of hydrogen-bond donors (Lipinski definition) is 0. The lowest BCUT2D eigenvalue weighted by molar-refractivity contribution is -0.0968. The summed E-state index contributed by atoms with van der Waals surface area (Å²) in [6, 6.07) is 0. The Morgan fingerprint density at radius 2 is 1.50 bits per heavy atom. The van der Waals surface area contributed by atoms with Crippen LogP contribution in [0.2, 0.25) is 0 Å². The van der Waals surface area contributed by atoms with Gasteiger partial charge >= 0.3 is 12.4 Å². The van der Waals surface area contributed by atoms with Gasteiger partial charge in [0.25, 0.3) is 0 Å². The average Bonchev–Trinajstić information content (AvgIpc) is 1.95. The zero-order chi connectivity index (χ0) is 11.6. The van der Waals surface area contributed by atoms with Crippen LogP contribution < -0.4 is 0 Å². The van der Waals surface area contributed by atoms with Crippen molar-refractivity contribution in [1.82, 2.24) is 0 Å². The highest BCUT2D eigenvalue weighted by Gasteiger charge is 2.36. The van der Waals surface area contributed by atoms with E-state index < -0.39 is 29.9 Å². The Labute approximate surface area is 76.9 Å². The van der Waals surface area contributed by atoms with E-state index in [9.17, 15) is 26.3 Å². The van der Waals surface area contributed by atoms with E-state index >= 15 is 0 Å². The van der Waals surface area contributed by atoms with Gasteiger partial charge in [-0.25, -0.2) is 0 Å². The molecule has 0 aliphatic carbocycles. The third-order valence-electron chi connectivity index (χ3n) is 1.46. The molecule has 0 N–H and O–H groups in total. The topological polar surface area (TPSA) is 0 Å². The summed E-state index contributed by atoms with van der Waals surface area (Å²) in [7, 11) is 0. The van der Waals surface area contributed by atoms with E-state index in [1.165, 1.54) is 0 Å². The lowest BCUT2D eigenvalue weighted by Gasteiger charge is -2.11. The largest absolute Gasteiger partial charge is 0.415 e.